The predicted octanol–water partition coefficient (Wildman–Crippen LogP) is 7.69. The van der Waals surface area contributed by atoms with Crippen LogP contribution in [-0.2, 0) is 13.2 Å². The average molecular weight is 487 g/mol. The summed E-state index contributed by atoms with van der Waals surface area (Å²) < 4.78 is 6.14. The number of aromatic carboxylic acids is 1. The number of carboxylic acids is 1. The summed E-state index contributed by atoms with van der Waals surface area (Å²) in [6.45, 7) is 0.665. The molecular weight excluding hydrogens is 469 g/mol. The highest BCUT2D eigenvalue weighted by atomic mass is 35.5. The predicted molar refractivity (Wildman–Crippen MR) is 130 cm³/mol. The number of hydrogen-bond donors (Lipinski definition) is 2. The van der Waals surface area contributed by atoms with Crippen molar-refractivity contribution in [2.75, 3.05) is 5.32 Å². The Morgan fingerprint density at radius 3 is 2.31 bits per heavy atom. The molecule has 0 fully saturated rings. The number of anilines is 1. The topological polar surface area (TPSA) is 58.6 Å². The molecule has 7 heteroatoms. The summed E-state index contributed by atoms with van der Waals surface area (Å²) in [6, 6.07) is 22.0. The molecule has 0 saturated heterocycles. The highest BCUT2D eigenvalue weighted by Gasteiger charge is 2.13. The highest BCUT2D eigenvalue weighted by Crippen LogP contribution is 2.32. The van der Waals surface area contributed by atoms with Crippen molar-refractivity contribution in [2.45, 2.75) is 13.2 Å². The first-order valence-corrected chi connectivity index (χ1v) is 10.9. The molecule has 0 radical (unpaired) electrons. The van der Waals surface area contributed by atoms with Crippen molar-refractivity contribution in [3.8, 4) is 5.75 Å². The molecule has 2 N–H and O–H groups in total. The van der Waals surface area contributed by atoms with E-state index in [-0.39, 0.29) is 17.2 Å². The third kappa shape index (κ3) is 4.78. The Morgan fingerprint density at radius 2 is 1.59 bits per heavy atom. The van der Waals surface area contributed by atoms with Crippen LogP contribution in [0.15, 0.2) is 72.8 Å². The van der Waals surface area contributed by atoms with Crippen molar-refractivity contribution < 1.29 is 14.6 Å². The quantitative estimate of drug-likeness (QED) is 0.281. The number of carboxylic acid groups (broad SMARTS) is 1. The monoisotopic (exact) mass is 485 g/mol. The normalized spacial score (nSPS) is 10.8. The van der Waals surface area contributed by atoms with Gasteiger partial charge in [-0.05, 0) is 47.2 Å². The third-order valence-corrected chi connectivity index (χ3v) is 6.12. The zero-order valence-electron chi connectivity index (χ0n) is 16.7. The third-order valence-electron chi connectivity index (χ3n) is 5.10. The van der Waals surface area contributed by atoms with Crippen LogP contribution in [0.3, 0.4) is 0 Å². The van der Waals surface area contributed by atoms with Crippen molar-refractivity contribution in [2.24, 2.45) is 0 Å². The minimum atomic E-state index is -1.07. The van der Waals surface area contributed by atoms with Crippen LogP contribution in [0.4, 0.5) is 5.69 Å². The number of fused-ring (bicyclic) bond motifs is 1. The van der Waals surface area contributed by atoms with Crippen molar-refractivity contribution in [3.05, 3.63) is 105 Å². The summed E-state index contributed by atoms with van der Waals surface area (Å²) in [4.78, 5) is 11.2. The van der Waals surface area contributed by atoms with Gasteiger partial charge in [-0.15, -0.1) is 0 Å². The standard InChI is InChI=1S/C25H18Cl3NO3/c26-21-6-3-7-22(27)20(21)14-32-24-11-8-15-4-1-2-5-17(15)19(24)13-29-16-9-10-18(25(30)31)23(28)12-16/h1-12,29H,13-14H2,(H,30,31). The van der Waals surface area contributed by atoms with Gasteiger partial charge in [0.2, 0.25) is 0 Å². The molecule has 0 spiro atoms. The van der Waals surface area contributed by atoms with E-state index >= 15 is 0 Å². The lowest BCUT2D eigenvalue weighted by Gasteiger charge is -2.17. The van der Waals surface area contributed by atoms with Gasteiger partial charge in [0.25, 0.3) is 0 Å². The van der Waals surface area contributed by atoms with E-state index in [1.165, 1.54) is 6.07 Å². The number of carbonyl (C=O) groups is 1. The van der Waals surface area contributed by atoms with E-state index in [1.807, 2.05) is 36.4 Å². The lowest BCUT2D eigenvalue weighted by molar-refractivity contribution is 0.0697. The van der Waals surface area contributed by atoms with Crippen molar-refractivity contribution >= 4 is 57.2 Å². The first-order valence-electron chi connectivity index (χ1n) is 9.77. The smallest absolute Gasteiger partial charge is 0.337 e. The first kappa shape index (κ1) is 22.3. The van der Waals surface area contributed by atoms with Gasteiger partial charge >= 0.3 is 5.97 Å². The lowest BCUT2D eigenvalue weighted by atomic mass is 10.0. The number of halogens is 3. The fourth-order valence-corrected chi connectivity index (χ4v) is 4.21. The van der Waals surface area contributed by atoms with Gasteiger partial charge in [0.05, 0.1) is 10.6 Å². The number of nitrogens with one attached hydrogen (secondary N) is 1. The zero-order chi connectivity index (χ0) is 22.7. The minimum Gasteiger partial charge on any atom is -0.488 e. The summed E-state index contributed by atoms with van der Waals surface area (Å²) in [5.41, 5.74) is 2.43. The van der Waals surface area contributed by atoms with Crippen LogP contribution in [0.2, 0.25) is 15.1 Å². The van der Waals surface area contributed by atoms with Gasteiger partial charge in [0, 0.05) is 33.4 Å². The summed E-state index contributed by atoms with van der Waals surface area (Å²) in [5, 5.41) is 15.9. The Hall–Kier alpha value is -2.92. The summed E-state index contributed by atoms with van der Waals surface area (Å²) in [7, 11) is 0. The number of hydrogen-bond acceptors (Lipinski definition) is 3. The van der Waals surface area contributed by atoms with Crippen LogP contribution >= 0.6 is 34.8 Å². The minimum absolute atomic E-state index is 0.0584. The summed E-state index contributed by atoms with van der Waals surface area (Å²) in [6.07, 6.45) is 0. The van der Waals surface area contributed by atoms with E-state index in [9.17, 15) is 9.90 Å². The second-order valence-corrected chi connectivity index (χ2v) is 8.33. The number of ether oxygens (including phenoxy) is 1. The van der Waals surface area contributed by atoms with Gasteiger partial charge in [-0.25, -0.2) is 4.79 Å². The molecule has 162 valence electrons. The van der Waals surface area contributed by atoms with Gasteiger partial charge < -0.3 is 15.2 Å². The summed E-state index contributed by atoms with van der Waals surface area (Å²) in [5.74, 6) is -0.370. The molecule has 0 aliphatic heterocycles. The summed E-state index contributed by atoms with van der Waals surface area (Å²) >= 11 is 18.7. The maximum Gasteiger partial charge on any atom is 0.337 e. The lowest BCUT2D eigenvalue weighted by Crippen LogP contribution is -2.06. The van der Waals surface area contributed by atoms with Crippen molar-refractivity contribution in [1.82, 2.24) is 0 Å². The molecule has 0 aliphatic rings. The van der Waals surface area contributed by atoms with Crippen LogP contribution in [0.1, 0.15) is 21.5 Å². The van der Waals surface area contributed by atoms with Crippen LogP contribution in [0.5, 0.6) is 5.75 Å². The molecule has 0 amide bonds. The Bertz CT molecular complexity index is 1290. The van der Waals surface area contributed by atoms with Crippen LogP contribution in [0.25, 0.3) is 10.8 Å². The molecule has 4 nitrogen and oxygen atoms in total. The molecule has 0 unspecified atom stereocenters. The SMILES string of the molecule is O=C(O)c1ccc(NCc2c(OCc3c(Cl)cccc3Cl)ccc3ccccc23)cc1Cl. The van der Waals surface area contributed by atoms with Crippen molar-refractivity contribution in [3.63, 3.8) is 0 Å². The van der Waals surface area contributed by atoms with E-state index < -0.39 is 5.97 Å². The largest absolute Gasteiger partial charge is 0.488 e. The zero-order valence-corrected chi connectivity index (χ0v) is 19.0. The molecule has 0 aliphatic carbocycles. The Kier molecular flexibility index (Phi) is 6.75. The van der Waals surface area contributed by atoms with E-state index in [2.05, 4.69) is 5.32 Å². The molecule has 0 bridgehead atoms. The molecule has 0 heterocycles. The van der Waals surface area contributed by atoms with E-state index in [4.69, 9.17) is 39.5 Å². The molecule has 0 saturated carbocycles. The Labute approximate surface area is 200 Å². The fraction of sp³-hybridized carbons (Fsp3) is 0.0800. The van der Waals surface area contributed by atoms with Gasteiger partial charge in [-0.3, -0.25) is 0 Å². The second-order valence-electron chi connectivity index (χ2n) is 7.11. The van der Waals surface area contributed by atoms with Gasteiger partial charge in [0.15, 0.2) is 0 Å². The second kappa shape index (κ2) is 9.70. The Morgan fingerprint density at radius 1 is 0.844 bits per heavy atom. The molecule has 4 aromatic carbocycles. The first-order chi connectivity index (χ1) is 15.4. The van der Waals surface area contributed by atoms with Gasteiger partial charge in [-0.2, -0.15) is 0 Å². The average Bonchev–Trinajstić information content (AvgIpc) is 2.77. The van der Waals surface area contributed by atoms with Crippen molar-refractivity contribution in [1.29, 1.82) is 0 Å². The maximum absolute atomic E-state index is 11.2. The molecule has 0 aromatic heterocycles. The van der Waals surface area contributed by atoms with E-state index in [0.717, 1.165) is 21.9 Å². The van der Waals surface area contributed by atoms with E-state index in [0.29, 0.717) is 28.0 Å². The molecule has 4 aromatic rings. The maximum atomic E-state index is 11.2. The Balaban J connectivity index is 1.63. The molecule has 32 heavy (non-hydrogen) atoms. The molecule has 4 rings (SSSR count). The molecular formula is C25H18Cl3NO3. The molecule has 0 atom stereocenters. The van der Waals surface area contributed by atoms with Crippen LogP contribution < -0.4 is 10.1 Å². The van der Waals surface area contributed by atoms with Crippen LogP contribution in [0, 0.1) is 0 Å². The highest BCUT2D eigenvalue weighted by molar-refractivity contribution is 6.36. The number of rotatable bonds is 7. The van der Waals surface area contributed by atoms with Crippen LogP contribution in [-0.4, -0.2) is 11.1 Å². The van der Waals surface area contributed by atoms with Gasteiger partial charge in [0.1, 0.15) is 12.4 Å². The van der Waals surface area contributed by atoms with Gasteiger partial charge in [-0.1, -0.05) is 71.2 Å². The van der Waals surface area contributed by atoms with E-state index in [1.54, 1.807) is 30.3 Å². The number of benzene rings is 4. The fourth-order valence-electron chi connectivity index (χ4n) is 3.44.